The molecule has 5 rings (SSSR count). The third kappa shape index (κ3) is 5.87. The lowest BCUT2D eigenvalue weighted by Gasteiger charge is -2.25. The third-order valence-corrected chi connectivity index (χ3v) is 6.17. The summed E-state index contributed by atoms with van der Waals surface area (Å²) in [5.74, 6) is 1.77. The van der Waals surface area contributed by atoms with Crippen LogP contribution in [0.4, 0.5) is 11.6 Å². The van der Waals surface area contributed by atoms with Crippen molar-refractivity contribution in [3.63, 3.8) is 0 Å². The van der Waals surface area contributed by atoms with Crippen LogP contribution in [0.25, 0.3) is 5.65 Å². The molecular weight excluding hydrogens is 416 g/mol. The van der Waals surface area contributed by atoms with E-state index in [-0.39, 0.29) is 5.91 Å². The number of aliphatic hydroxyl groups is 1. The van der Waals surface area contributed by atoms with Gasteiger partial charge in [-0.15, -0.1) is 0 Å². The van der Waals surface area contributed by atoms with Crippen molar-refractivity contribution in [3.8, 4) is 0 Å². The molecule has 0 unspecified atom stereocenters. The van der Waals surface area contributed by atoms with Crippen molar-refractivity contribution in [2.75, 3.05) is 17.7 Å². The average Bonchev–Trinajstić information content (AvgIpc) is 3.25. The molecule has 3 heterocycles. The highest BCUT2D eigenvalue weighted by molar-refractivity contribution is 6.03. The molecule has 0 saturated heterocycles. The van der Waals surface area contributed by atoms with E-state index in [1.165, 1.54) is 56.9 Å². The molecule has 3 aromatic heterocycles. The molecule has 2 aliphatic rings. The monoisotopic (exact) mass is 452 g/mol. The van der Waals surface area contributed by atoms with E-state index in [1.807, 2.05) is 26.1 Å². The summed E-state index contributed by atoms with van der Waals surface area (Å²) in [6.07, 6.45) is 14.9. The third-order valence-electron chi connectivity index (χ3n) is 6.17. The predicted molar refractivity (Wildman–Crippen MR) is 132 cm³/mol. The van der Waals surface area contributed by atoms with E-state index in [4.69, 9.17) is 10.1 Å². The van der Waals surface area contributed by atoms with Crippen LogP contribution in [0.5, 0.6) is 0 Å². The number of fused-ring (bicyclic) bond motifs is 1. The Hall–Kier alpha value is -3.00. The summed E-state index contributed by atoms with van der Waals surface area (Å²) in [6.45, 7) is 4.00. The van der Waals surface area contributed by atoms with Gasteiger partial charge in [0.15, 0.2) is 5.65 Å². The van der Waals surface area contributed by atoms with E-state index < -0.39 is 0 Å². The van der Waals surface area contributed by atoms with Gasteiger partial charge in [0.2, 0.25) is 0 Å². The zero-order chi connectivity index (χ0) is 23.6. The second kappa shape index (κ2) is 12.3. The number of carbonyl (C=O) groups is 1. The lowest BCUT2D eigenvalue weighted by Crippen LogP contribution is -2.23. The fourth-order valence-electron chi connectivity index (χ4n) is 4.29. The Labute approximate surface area is 195 Å². The molecule has 0 bridgehead atoms. The highest BCUT2D eigenvalue weighted by Gasteiger charge is 2.25. The molecule has 3 N–H and O–H groups in total. The SMILES string of the molecule is CC.CO.O=C(Nc1cc(NC2CCCCC2)nc2c(C3CCC3)cnn12)c1cccnc1. The van der Waals surface area contributed by atoms with Gasteiger partial charge in [0.1, 0.15) is 11.6 Å². The molecule has 0 atom stereocenters. The van der Waals surface area contributed by atoms with Gasteiger partial charge in [-0.1, -0.05) is 39.5 Å². The molecule has 0 aliphatic heterocycles. The Morgan fingerprint density at radius 2 is 1.82 bits per heavy atom. The minimum atomic E-state index is -0.199. The molecule has 8 nitrogen and oxygen atoms in total. The van der Waals surface area contributed by atoms with Gasteiger partial charge in [0.05, 0.1) is 11.8 Å². The zero-order valence-electron chi connectivity index (χ0n) is 19.9. The molecule has 0 spiro atoms. The quantitative estimate of drug-likeness (QED) is 0.502. The van der Waals surface area contributed by atoms with E-state index in [2.05, 4.69) is 20.7 Å². The minimum Gasteiger partial charge on any atom is -0.400 e. The number of pyridine rings is 1. The fourth-order valence-corrected chi connectivity index (χ4v) is 4.29. The number of carbonyl (C=O) groups excluding carboxylic acids is 1. The molecule has 2 saturated carbocycles. The van der Waals surface area contributed by atoms with Crippen LogP contribution in [0.1, 0.15) is 87.1 Å². The van der Waals surface area contributed by atoms with Crippen molar-refractivity contribution >= 4 is 23.2 Å². The summed E-state index contributed by atoms with van der Waals surface area (Å²) in [7, 11) is 1.00. The van der Waals surface area contributed by atoms with Gasteiger partial charge in [0.25, 0.3) is 5.91 Å². The van der Waals surface area contributed by atoms with Gasteiger partial charge in [-0.25, -0.2) is 4.98 Å². The van der Waals surface area contributed by atoms with Crippen LogP contribution in [0.15, 0.2) is 36.8 Å². The summed E-state index contributed by atoms with van der Waals surface area (Å²) >= 11 is 0. The molecule has 0 aromatic carbocycles. The lowest BCUT2D eigenvalue weighted by molar-refractivity contribution is 0.102. The Bertz CT molecular complexity index is 1010. The summed E-state index contributed by atoms with van der Waals surface area (Å²) in [6, 6.07) is 5.85. The topological polar surface area (TPSA) is 104 Å². The number of anilines is 2. The second-order valence-electron chi connectivity index (χ2n) is 8.16. The van der Waals surface area contributed by atoms with Crippen LogP contribution in [-0.2, 0) is 0 Å². The lowest BCUT2D eigenvalue weighted by atomic mass is 9.81. The molecule has 2 fully saturated rings. The second-order valence-corrected chi connectivity index (χ2v) is 8.16. The summed E-state index contributed by atoms with van der Waals surface area (Å²) in [5, 5.41) is 18.2. The normalized spacial score (nSPS) is 16.0. The first-order chi connectivity index (χ1) is 16.3. The van der Waals surface area contributed by atoms with E-state index >= 15 is 0 Å². The molecule has 178 valence electrons. The zero-order valence-corrected chi connectivity index (χ0v) is 19.9. The smallest absolute Gasteiger partial charge is 0.258 e. The average molecular weight is 453 g/mol. The van der Waals surface area contributed by atoms with Gasteiger partial charge in [0, 0.05) is 37.2 Å². The van der Waals surface area contributed by atoms with E-state index in [9.17, 15) is 4.79 Å². The van der Waals surface area contributed by atoms with Gasteiger partial charge in [-0.05, 0) is 43.7 Å². The number of aromatic nitrogens is 4. The Morgan fingerprint density at radius 1 is 1.06 bits per heavy atom. The van der Waals surface area contributed by atoms with Gasteiger partial charge >= 0.3 is 0 Å². The van der Waals surface area contributed by atoms with Crippen LogP contribution in [0, 0.1) is 0 Å². The first kappa shape index (κ1) is 24.6. The van der Waals surface area contributed by atoms with Gasteiger partial charge in [-0.3, -0.25) is 9.78 Å². The minimum absolute atomic E-state index is 0.199. The fraction of sp³-hybridized carbons (Fsp3) is 0.520. The summed E-state index contributed by atoms with van der Waals surface area (Å²) < 4.78 is 1.76. The number of hydrogen-bond acceptors (Lipinski definition) is 6. The molecule has 2 aliphatic carbocycles. The van der Waals surface area contributed by atoms with Crippen molar-refractivity contribution in [2.45, 2.75) is 77.2 Å². The molecule has 3 aromatic rings. The van der Waals surface area contributed by atoms with Crippen LogP contribution in [-0.4, -0.2) is 43.7 Å². The molecule has 0 radical (unpaired) electrons. The summed E-state index contributed by atoms with van der Waals surface area (Å²) in [4.78, 5) is 21.7. The number of amides is 1. The van der Waals surface area contributed by atoms with Crippen molar-refractivity contribution in [1.29, 1.82) is 0 Å². The Morgan fingerprint density at radius 3 is 2.45 bits per heavy atom. The first-order valence-electron chi connectivity index (χ1n) is 12.1. The maximum absolute atomic E-state index is 12.7. The molecule has 8 heteroatoms. The number of aliphatic hydroxyl groups excluding tert-OH is 1. The number of nitrogens with one attached hydrogen (secondary N) is 2. The van der Waals surface area contributed by atoms with Crippen LogP contribution in [0.3, 0.4) is 0 Å². The number of hydrogen-bond donors (Lipinski definition) is 3. The Kier molecular flexibility index (Phi) is 9.18. The highest BCUT2D eigenvalue weighted by atomic mass is 16.2. The summed E-state index contributed by atoms with van der Waals surface area (Å²) in [5.41, 5.74) is 2.54. The van der Waals surface area contributed by atoms with Gasteiger partial charge in [-0.2, -0.15) is 9.61 Å². The van der Waals surface area contributed by atoms with E-state index in [0.29, 0.717) is 23.3 Å². The number of nitrogens with zero attached hydrogens (tertiary/aromatic N) is 4. The van der Waals surface area contributed by atoms with Crippen molar-refractivity contribution in [2.24, 2.45) is 0 Å². The first-order valence-corrected chi connectivity index (χ1v) is 12.1. The van der Waals surface area contributed by atoms with Crippen molar-refractivity contribution in [3.05, 3.63) is 47.9 Å². The standard InChI is InChI=1S/C22H26N6O.C2H6.CH4O/c29-22(16-8-5-11-23-13-16)27-20-12-19(25-17-9-2-1-3-10-17)26-21-18(14-24-28(20)21)15-6-4-7-15;2*1-2/h5,8,11-15,17H,1-4,6-7,9-10H2,(H,25,26)(H,27,29);1-2H3;2H,1H3. The predicted octanol–water partition coefficient (Wildman–Crippen LogP) is 5.02. The van der Waals surface area contributed by atoms with Crippen molar-refractivity contribution < 1.29 is 9.90 Å². The van der Waals surface area contributed by atoms with Crippen LogP contribution < -0.4 is 10.6 Å². The van der Waals surface area contributed by atoms with E-state index in [0.717, 1.165) is 18.6 Å². The Balaban J connectivity index is 0.000000728. The molecule has 1 amide bonds. The maximum Gasteiger partial charge on any atom is 0.258 e. The van der Waals surface area contributed by atoms with Crippen LogP contribution in [0.2, 0.25) is 0 Å². The van der Waals surface area contributed by atoms with Crippen LogP contribution >= 0.6 is 0 Å². The molecular formula is C25H36N6O2. The van der Waals surface area contributed by atoms with Crippen molar-refractivity contribution in [1.82, 2.24) is 19.6 Å². The number of rotatable bonds is 5. The largest absolute Gasteiger partial charge is 0.400 e. The highest BCUT2D eigenvalue weighted by Crippen LogP contribution is 2.38. The molecule has 33 heavy (non-hydrogen) atoms. The van der Waals surface area contributed by atoms with E-state index in [1.54, 1.807) is 29.0 Å². The van der Waals surface area contributed by atoms with Gasteiger partial charge < -0.3 is 15.7 Å². The maximum atomic E-state index is 12.7.